The summed E-state index contributed by atoms with van der Waals surface area (Å²) in [5.74, 6) is 1.01. The molecule has 0 aromatic heterocycles. The Morgan fingerprint density at radius 2 is 1.80 bits per heavy atom. The van der Waals surface area contributed by atoms with Crippen LogP contribution < -0.4 is 10.1 Å². The first-order valence-electron chi connectivity index (χ1n) is 17.0. The molecular weight excluding hydrogens is 556 g/mol. The van der Waals surface area contributed by atoms with Crippen LogP contribution in [0.4, 0.5) is 5.69 Å². The average Bonchev–Trinajstić information content (AvgIpc) is 2.98. The van der Waals surface area contributed by atoms with Gasteiger partial charge in [0, 0.05) is 44.3 Å². The van der Waals surface area contributed by atoms with Gasteiger partial charge in [0.05, 0.1) is 30.4 Å². The van der Waals surface area contributed by atoms with Gasteiger partial charge in [0.2, 0.25) is 5.91 Å². The maximum Gasteiger partial charge on any atom is 0.258 e. The SMILES string of the molecule is C[C@@H]1CCCCO[C@H](CN(C)CC2CCCCC2)[C@H](C)CN([C@H](C)CO)C(=O)c2cc(NC(=O)CCCN(C)C)ccc2O1. The third-order valence-corrected chi connectivity index (χ3v) is 9.13. The van der Waals surface area contributed by atoms with Crippen molar-refractivity contribution in [2.24, 2.45) is 11.8 Å². The highest BCUT2D eigenvalue weighted by molar-refractivity contribution is 5.99. The predicted molar refractivity (Wildman–Crippen MR) is 177 cm³/mol. The van der Waals surface area contributed by atoms with Crippen molar-refractivity contribution in [3.63, 3.8) is 0 Å². The van der Waals surface area contributed by atoms with E-state index in [0.717, 1.165) is 51.2 Å². The van der Waals surface area contributed by atoms with Crippen molar-refractivity contribution >= 4 is 17.5 Å². The molecule has 1 fully saturated rings. The minimum atomic E-state index is -0.395. The fourth-order valence-corrected chi connectivity index (χ4v) is 6.43. The molecular formula is C35H60N4O5. The zero-order valence-corrected chi connectivity index (χ0v) is 28.4. The van der Waals surface area contributed by atoms with E-state index in [1.165, 1.54) is 32.1 Å². The second-order valence-electron chi connectivity index (χ2n) is 13.7. The van der Waals surface area contributed by atoms with Gasteiger partial charge in [-0.2, -0.15) is 0 Å². The number of nitrogens with one attached hydrogen (secondary N) is 1. The second-order valence-corrected chi connectivity index (χ2v) is 13.7. The summed E-state index contributed by atoms with van der Waals surface area (Å²) in [6, 6.07) is 4.93. The van der Waals surface area contributed by atoms with Gasteiger partial charge in [0.1, 0.15) is 5.75 Å². The Labute approximate surface area is 266 Å². The normalized spacial score (nSPS) is 23.6. The monoisotopic (exact) mass is 616 g/mol. The maximum atomic E-state index is 14.3. The van der Waals surface area contributed by atoms with Crippen LogP contribution in [-0.2, 0) is 9.53 Å². The van der Waals surface area contributed by atoms with Crippen molar-refractivity contribution in [3.05, 3.63) is 23.8 Å². The summed E-state index contributed by atoms with van der Waals surface area (Å²) in [5.41, 5.74) is 0.971. The lowest BCUT2D eigenvalue weighted by atomic mass is 9.89. The number of amides is 2. The maximum absolute atomic E-state index is 14.3. The van der Waals surface area contributed by atoms with Gasteiger partial charge in [-0.1, -0.05) is 26.2 Å². The van der Waals surface area contributed by atoms with Gasteiger partial charge in [0.15, 0.2) is 0 Å². The van der Waals surface area contributed by atoms with Crippen molar-refractivity contribution < 1.29 is 24.2 Å². The number of carbonyl (C=O) groups is 2. The average molecular weight is 617 g/mol. The molecule has 2 N–H and O–H groups in total. The molecule has 2 aliphatic rings. The Bertz CT molecular complexity index is 1010. The van der Waals surface area contributed by atoms with E-state index in [2.05, 4.69) is 29.1 Å². The summed E-state index contributed by atoms with van der Waals surface area (Å²) in [6.07, 6.45) is 10.4. The molecule has 2 amide bonds. The lowest BCUT2D eigenvalue weighted by molar-refractivity contribution is -0.116. The first-order chi connectivity index (χ1) is 21.1. The van der Waals surface area contributed by atoms with Crippen molar-refractivity contribution in [2.45, 2.75) is 103 Å². The molecule has 9 nitrogen and oxygen atoms in total. The van der Waals surface area contributed by atoms with Crippen molar-refractivity contribution in [1.82, 2.24) is 14.7 Å². The molecule has 0 radical (unpaired) electrons. The Morgan fingerprint density at radius 3 is 2.50 bits per heavy atom. The van der Waals surface area contributed by atoms with Gasteiger partial charge in [0.25, 0.3) is 5.91 Å². The van der Waals surface area contributed by atoms with Gasteiger partial charge < -0.3 is 34.6 Å². The molecule has 1 aromatic carbocycles. The molecule has 1 aliphatic carbocycles. The first-order valence-corrected chi connectivity index (χ1v) is 17.0. The number of anilines is 1. The number of fused-ring (bicyclic) bond motifs is 1. The number of nitrogens with zero attached hydrogens (tertiary/aromatic N) is 3. The van der Waals surface area contributed by atoms with Crippen LogP contribution in [0.1, 0.15) is 95.3 Å². The lowest BCUT2D eigenvalue weighted by Crippen LogP contribution is -2.47. The predicted octanol–water partition coefficient (Wildman–Crippen LogP) is 5.27. The number of carbonyl (C=O) groups excluding carboxylic acids is 2. The third-order valence-electron chi connectivity index (χ3n) is 9.13. The number of benzene rings is 1. The summed E-state index contributed by atoms with van der Waals surface area (Å²) < 4.78 is 12.9. The van der Waals surface area contributed by atoms with Crippen molar-refractivity contribution in [3.8, 4) is 5.75 Å². The van der Waals surface area contributed by atoms with Crippen LogP contribution in [-0.4, -0.2) is 110 Å². The fraction of sp³-hybridized carbons (Fsp3) is 0.771. The molecule has 250 valence electrons. The minimum absolute atomic E-state index is 0.0337. The van der Waals surface area contributed by atoms with Crippen LogP contribution in [0, 0.1) is 11.8 Å². The van der Waals surface area contributed by atoms with E-state index in [0.29, 0.717) is 36.6 Å². The molecule has 3 rings (SSSR count). The van der Waals surface area contributed by atoms with Gasteiger partial charge in [-0.05, 0) is 104 Å². The molecule has 1 aromatic rings. The molecule has 1 saturated carbocycles. The first kappa shape index (κ1) is 36.3. The fourth-order valence-electron chi connectivity index (χ4n) is 6.43. The molecule has 0 bridgehead atoms. The summed E-state index contributed by atoms with van der Waals surface area (Å²) in [6.45, 7) is 9.74. The van der Waals surface area contributed by atoms with Crippen molar-refractivity contribution in [1.29, 1.82) is 0 Å². The Balaban J connectivity index is 1.84. The van der Waals surface area contributed by atoms with E-state index in [4.69, 9.17) is 9.47 Å². The van der Waals surface area contributed by atoms with E-state index in [9.17, 15) is 14.7 Å². The number of aliphatic hydroxyl groups excluding tert-OH is 1. The summed E-state index contributed by atoms with van der Waals surface area (Å²) in [4.78, 5) is 33.2. The Kier molecular flexibility index (Phi) is 15.4. The molecule has 44 heavy (non-hydrogen) atoms. The number of aliphatic hydroxyl groups is 1. The molecule has 0 unspecified atom stereocenters. The third kappa shape index (κ3) is 12.0. The topological polar surface area (TPSA) is 94.6 Å². The standard InChI is InChI=1S/C35H60N4O5/c1-26-22-39(27(2)25-40)35(42)31-21-30(36-34(41)16-12-19-37(4)5)17-18-32(31)44-28(3)13-10-11-20-43-33(26)24-38(6)23-29-14-8-7-9-15-29/h17-18,21,26-29,33,40H,7-16,19-20,22-25H2,1-6H3,(H,36,41)/t26-,27-,28-,33-/m1/s1. The number of hydrogen-bond donors (Lipinski definition) is 2. The van der Waals surface area contributed by atoms with Gasteiger partial charge >= 0.3 is 0 Å². The Hall–Kier alpha value is -2.20. The summed E-state index contributed by atoms with van der Waals surface area (Å²) >= 11 is 0. The van der Waals surface area contributed by atoms with Crippen LogP contribution in [0.2, 0.25) is 0 Å². The second kappa shape index (κ2) is 18.7. The number of likely N-dealkylation sites (N-methyl/N-ethyl adjacent to an activating group) is 1. The van der Waals surface area contributed by atoms with Gasteiger partial charge in [-0.15, -0.1) is 0 Å². The zero-order valence-electron chi connectivity index (χ0n) is 28.4. The molecule has 0 spiro atoms. The van der Waals surface area contributed by atoms with Crippen LogP contribution in [0.5, 0.6) is 5.75 Å². The quantitative estimate of drug-likeness (QED) is 0.350. The molecule has 4 atom stereocenters. The highest BCUT2D eigenvalue weighted by Crippen LogP contribution is 2.29. The summed E-state index contributed by atoms with van der Waals surface area (Å²) in [5, 5.41) is 13.2. The molecule has 1 aliphatic heterocycles. The van der Waals surface area contributed by atoms with Crippen LogP contribution in [0.15, 0.2) is 18.2 Å². The van der Waals surface area contributed by atoms with Crippen LogP contribution >= 0.6 is 0 Å². The van der Waals surface area contributed by atoms with E-state index in [-0.39, 0.29) is 36.5 Å². The lowest BCUT2D eigenvalue weighted by Gasteiger charge is -2.36. The van der Waals surface area contributed by atoms with E-state index < -0.39 is 6.04 Å². The molecule has 0 saturated heterocycles. The number of rotatable bonds is 11. The van der Waals surface area contributed by atoms with E-state index in [1.54, 1.807) is 23.1 Å². The summed E-state index contributed by atoms with van der Waals surface area (Å²) in [7, 11) is 6.17. The van der Waals surface area contributed by atoms with Crippen LogP contribution in [0.3, 0.4) is 0 Å². The highest BCUT2D eigenvalue weighted by Gasteiger charge is 2.31. The number of hydrogen-bond acceptors (Lipinski definition) is 7. The molecule has 9 heteroatoms. The molecule has 1 heterocycles. The smallest absolute Gasteiger partial charge is 0.258 e. The highest BCUT2D eigenvalue weighted by atomic mass is 16.5. The van der Waals surface area contributed by atoms with Gasteiger partial charge in [-0.25, -0.2) is 0 Å². The van der Waals surface area contributed by atoms with Gasteiger partial charge in [-0.3, -0.25) is 9.59 Å². The Morgan fingerprint density at radius 1 is 1.07 bits per heavy atom. The minimum Gasteiger partial charge on any atom is -0.490 e. The van der Waals surface area contributed by atoms with Crippen LogP contribution in [0.25, 0.3) is 0 Å². The zero-order chi connectivity index (χ0) is 32.1. The van der Waals surface area contributed by atoms with E-state index >= 15 is 0 Å². The largest absolute Gasteiger partial charge is 0.490 e. The number of ether oxygens (including phenoxy) is 2. The van der Waals surface area contributed by atoms with E-state index in [1.807, 2.05) is 27.9 Å². The van der Waals surface area contributed by atoms with Crippen molar-refractivity contribution in [2.75, 3.05) is 65.9 Å².